The van der Waals surface area contributed by atoms with Crippen molar-refractivity contribution in [2.24, 2.45) is 0 Å². The van der Waals surface area contributed by atoms with Gasteiger partial charge in [0.1, 0.15) is 0 Å². The van der Waals surface area contributed by atoms with Gasteiger partial charge < -0.3 is 0 Å². The molecule has 0 saturated carbocycles. The molecule has 0 amide bonds. The molecule has 2 radical (unpaired) electrons. The first-order valence-corrected chi connectivity index (χ1v) is 7.35. The summed E-state index contributed by atoms with van der Waals surface area (Å²) in [6.07, 6.45) is 0. The van der Waals surface area contributed by atoms with E-state index in [1.54, 1.807) is 3.58 Å². The summed E-state index contributed by atoms with van der Waals surface area (Å²) in [5, 5.41) is 0. The van der Waals surface area contributed by atoms with Crippen molar-refractivity contribution in [2.45, 2.75) is 11.9 Å². The fourth-order valence-electron chi connectivity index (χ4n) is 0.720. The Hall–Kier alpha value is 0.0187. The zero-order valence-corrected chi connectivity index (χ0v) is 8.66. The first kappa shape index (κ1) is 7.13. The summed E-state index contributed by atoms with van der Waals surface area (Å²) in [5.74, 6) is 0. The minimum absolute atomic E-state index is 0.163. The van der Waals surface area contributed by atoms with E-state index in [2.05, 4.69) is 36.1 Å². The predicted octanol–water partition coefficient (Wildman–Crippen LogP) is 1.37. The number of hydrogen-bond donors (Lipinski definition) is 0. The fraction of sp³-hybridized carbons (Fsp3) is 0.250. The molecule has 0 bridgehead atoms. The van der Waals surface area contributed by atoms with Gasteiger partial charge in [-0.3, -0.25) is 0 Å². The molecule has 0 aliphatic carbocycles. The molecular formula is C8H10Sn. The third-order valence-corrected chi connectivity index (χ3v) is 3.94. The Kier molecular flexibility index (Phi) is 2.58. The van der Waals surface area contributed by atoms with Crippen LogP contribution in [0.4, 0.5) is 0 Å². The number of hydrogen-bond acceptors (Lipinski definition) is 0. The molecule has 0 nitrogen and oxygen atoms in total. The van der Waals surface area contributed by atoms with Crippen LogP contribution in [0.25, 0.3) is 0 Å². The maximum atomic E-state index is 2.34. The fourth-order valence-corrected chi connectivity index (χ4v) is 2.15. The van der Waals surface area contributed by atoms with Crippen molar-refractivity contribution in [1.29, 1.82) is 0 Å². The summed E-state index contributed by atoms with van der Waals surface area (Å²) < 4.78 is 1.59. The summed E-state index contributed by atoms with van der Waals surface area (Å²) in [6.45, 7) is 2.13. The van der Waals surface area contributed by atoms with E-state index in [9.17, 15) is 0 Å². The molecule has 0 unspecified atom stereocenters. The second kappa shape index (κ2) is 3.25. The van der Waals surface area contributed by atoms with Gasteiger partial charge in [-0.25, -0.2) is 0 Å². The summed E-state index contributed by atoms with van der Waals surface area (Å²) >= 11 is -0.163. The maximum absolute atomic E-state index is 2.34. The van der Waals surface area contributed by atoms with Crippen LogP contribution in [-0.4, -0.2) is 21.1 Å². The van der Waals surface area contributed by atoms with Crippen molar-refractivity contribution in [3.8, 4) is 0 Å². The third kappa shape index (κ3) is 2.01. The molecule has 9 heavy (non-hydrogen) atoms. The third-order valence-electron chi connectivity index (χ3n) is 1.34. The average Bonchev–Trinajstić information content (AvgIpc) is 1.90. The van der Waals surface area contributed by atoms with Gasteiger partial charge >= 0.3 is 66.4 Å². The minimum atomic E-state index is -0.163. The Morgan fingerprint density at radius 1 is 1.11 bits per heavy atom. The van der Waals surface area contributed by atoms with Gasteiger partial charge in [0.15, 0.2) is 0 Å². The molecule has 0 aliphatic rings. The van der Waals surface area contributed by atoms with Gasteiger partial charge in [0.25, 0.3) is 0 Å². The van der Waals surface area contributed by atoms with Crippen LogP contribution in [0.1, 0.15) is 5.56 Å². The standard InChI is InChI=1S/C7H7.CH3.Sn/c1-7-5-3-2-4-6-7;;/h3-6H,1H3;1H3;. The van der Waals surface area contributed by atoms with Crippen LogP contribution in [0, 0.1) is 6.92 Å². The summed E-state index contributed by atoms with van der Waals surface area (Å²) in [6, 6.07) is 8.89. The predicted molar refractivity (Wildman–Crippen MR) is 42.4 cm³/mol. The second-order valence-corrected chi connectivity index (χ2v) is 5.19. The van der Waals surface area contributed by atoms with Crippen molar-refractivity contribution in [1.82, 2.24) is 0 Å². The Balaban J connectivity index is 2.88. The van der Waals surface area contributed by atoms with Crippen molar-refractivity contribution in [2.75, 3.05) is 0 Å². The monoisotopic (exact) mass is 226 g/mol. The summed E-state index contributed by atoms with van der Waals surface area (Å²) in [7, 11) is 0. The molecule has 0 heterocycles. The molecule has 0 atom stereocenters. The molecule has 0 aromatic heterocycles. The van der Waals surface area contributed by atoms with Crippen LogP contribution in [0.2, 0.25) is 4.94 Å². The van der Waals surface area contributed by atoms with E-state index >= 15 is 0 Å². The van der Waals surface area contributed by atoms with Crippen molar-refractivity contribution in [3.63, 3.8) is 0 Å². The van der Waals surface area contributed by atoms with E-state index in [1.165, 1.54) is 5.56 Å². The van der Waals surface area contributed by atoms with E-state index in [-0.39, 0.29) is 21.1 Å². The summed E-state index contributed by atoms with van der Waals surface area (Å²) in [4.78, 5) is 2.34. The molecular weight excluding hydrogens is 215 g/mol. The zero-order valence-electron chi connectivity index (χ0n) is 5.81. The van der Waals surface area contributed by atoms with Gasteiger partial charge in [0.2, 0.25) is 0 Å². The van der Waals surface area contributed by atoms with Crippen LogP contribution in [0.5, 0.6) is 0 Å². The Labute approximate surface area is 66.5 Å². The van der Waals surface area contributed by atoms with Crippen molar-refractivity contribution in [3.05, 3.63) is 29.8 Å². The van der Waals surface area contributed by atoms with Gasteiger partial charge in [-0.2, -0.15) is 0 Å². The molecule has 0 saturated heterocycles. The molecule has 0 spiro atoms. The average molecular weight is 225 g/mol. The molecule has 1 aromatic carbocycles. The Morgan fingerprint density at radius 2 is 1.67 bits per heavy atom. The summed E-state index contributed by atoms with van der Waals surface area (Å²) in [5.41, 5.74) is 1.37. The topological polar surface area (TPSA) is 0 Å². The molecule has 0 N–H and O–H groups in total. The molecule has 1 rings (SSSR count). The first-order chi connectivity index (χ1) is 4.33. The molecule has 0 fully saturated rings. The van der Waals surface area contributed by atoms with E-state index < -0.39 is 0 Å². The molecule has 1 aromatic rings. The second-order valence-electron chi connectivity index (χ2n) is 2.12. The van der Waals surface area contributed by atoms with E-state index in [0.29, 0.717) is 0 Å². The number of aryl methyl sites for hydroxylation is 1. The van der Waals surface area contributed by atoms with Crippen LogP contribution in [0.15, 0.2) is 24.3 Å². The van der Waals surface area contributed by atoms with E-state index in [4.69, 9.17) is 0 Å². The normalized spacial score (nSPS) is 9.56. The first-order valence-electron chi connectivity index (χ1n) is 3.07. The molecule has 46 valence electrons. The number of benzene rings is 1. The Morgan fingerprint density at radius 3 is 2.11 bits per heavy atom. The van der Waals surface area contributed by atoms with Crippen LogP contribution in [-0.2, 0) is 0 Å². The van der Waals surface area contributed by atoms with Gasteiger partial charge in [-0.15, -0.1) is 0 Å². The van der Waals surface area contributed by atoms with Crippen LogP contribution in [0.3, 0.4) is 0 Å². The zero-order chi connectivity index (χ0) is 6.69. The Bertz CT molecular complexity index is 176. The van der Waals surface area contributed by atoms with Gasteiger partial charge in [0.05, 0.1) is 0 Å². The van der Waals surface area contributed by atoms with Crippen molar-refractivity contribution >= 4 is 24.7 Å². The SMILES string of the molecule is [CH3][Sn][c]1ccc(C)cc1. The van der Waals surface area contributed by atoms with Gasteiger partial charge in [-0.05, 0) is 0 Å². The molecule has 1 heteroatoms. The van der Waals surface area contributed by atoms with Crippen molar-refractivity contribution < 1.29 is 0 Å². The van der Waals surface area contributed by atoms with E-state index in [0.717, 1.165) is 0 Å². The van der Waals surface area contributed by atoms with Gasteiger partial charge in [0, 0.05) is 0 Å². The van der Waals surface area contributed by atoms with Crippen LogP contribution >= 0.6 is 0 Å². The van der Waals surface area contributed by atoms with E-state index in [1.807, 2.05) is 0 Å². The van der Waals surface area contributed by atoms with Crippen LogP contribution < -0.4 is 3.58 Å². The molecule has 0 aliphatic heterocycles. The quantitative estimate of drug-likeness (QED) is 0.633. The van der Waals surface area contributed by atoms with Gasteiger partial charge in [-0.1, -0.05) is 0 Å². The number of rotatable bonds is 1.